The minimum absolute atomic E-state index is 0.0857. The van der Waals surface area contributed by atoms with E-state index in [4.69, 9.17) is 5.11 Å². The van der Waals surface area contributed by atoms with Crippen LogP contribution in [0.2, 0.25) is 0 Å². The molecule has 1 amide bonds. The zero-order chi connectivity index (χ0) is 13.8. The number of aromatic nitrogens is 2. The molecule has 2 N–H and O–H groups in total. The summed E-state index contributed by atoms with van der Waals surface area (Å²) in [5, 5.41) is 11.0. The van der Waals surface area contributed by atoms with Gasteiger partial charge in [-0.25, -0.2) is 18.2 Å². The van der Waals surface area contributed by atoms with Crippen LogP contribution in [0.3, 0.4) is 0 Å². The average molecular weight is 275 g/mol. The van der Waals surface area contributed by atoms with Crippen LogP contribution in [0, 0.1) is 0 Å². The van der Waals surface area contributed by atoms with Gasteiger partial charge in [0.15, 0.2) is 15.5 Å². The summed E-state index contributed by atoms with van der Waals surface area (Å²) >= 11 is 0. The highest BCUT2D eigenvalue weighted by atomic mass is 32.2. The fourth-order valence-corrected chi connectivity index (χ4v) is 1.78. The second-order valence-corrected chi connectivity index (χ2v) is 5.86. The van der Waals surface area contributed by atoms with Crippen molar-refractivity contribution in [2.45, 2.75) is 6.54 Å². The third-order valence-corrected chi connectivity index (χ3v) is 2.72. The van der Waals surface area contributed by atoms with Gasteiger partial charge < -0.3 is 15.0 Å². The fraction of sp³-hybridized carbons (Fsp3) is 0.444. The van der Waals surface area contributed by atoms with E-state index in [9.17, 15) is 18.0 Å². The van der Waals surface area contributed by atoms with Gasteiger partial charge in [0.25, 0.3) is 0 Å². The molecule has 1 aromatic heterocycles. The molecule has 9 heteroatoms. The van der Waals surface area contributed by atoms with Crippen LogP contribution >= 0.6 is 0 Å². The highest BCUT2D eigenvalue weighted by molar-refractivity contribution is 7.91. The number of hydrogen-bond donors (Lipinski definition) is 2. The largest absolute Gasteiger partial charge is 0.476 e. The second kappa shape index (κ2) is 5.63. The van der Waals surface area contributed by atoms with Crippen LogP contribution in [0.4, 0.5) is 0 Å². The molecule has 0 saturated carbocycles. The molecule has 0 aromatic carbocycles. The summed E-state index contributed by atoms with van der Waals surface area (Å²) in [5.74, 6) is -2.27. The Morgan fingerprint density at radius 2 is 2.17 bits per heavy atom. The number of nitrogens with one attached hydrogen (secondary N) is 1. The van der Waals surface area contributed by atoms with Gasteiger partial charge in [0.05, 0.1) is 6.33 Å². The lowest BCUT2D eigenvalue weighted by Gasteiger charge is -2.04. The van der Waals surface area contributed by atoms with Gasteiger partial charge in [0.1, 0.15) is 5.75 Å². The Morgan fingerprint density at radius 1 is 1.50 bits per heavy atom. The molecule has 18 heavy (non-hydrogen) atoms. The predicted octanol–water partition coefficient (Wildman–Crippen LogP) is -1.26. The van der Waals surface area contributed by atoms with Crippen molar-refractivity contribution in [3.05, 3.63) is 18.2 Å². The Morgan fingerprint density at radius 3 is 2.67 bits per heavy atom. The van der Waals surface area contributed by atoms with E-state index in [1.165, 1.54) is 17.1 Å². The molecule has 0 atom stereocenters. The summed E-state index contributed by atoms with van der Waals surface area (Å²) in [7, 11) is -3.33. The zero-order valence-corrected chi connectivity index (χ0v) is 10.5. The molecule has 0 spiro atoms. The number of aromatic carboxylic acids is 1. The van der Waals surface area contributed by atoms with Crippen LogP contribution < -0.4 is 5.32 Å². The van der Waals surface area contributed by atoms with Crippen molar-refractivity contribution in [3.8, 4) is 0 Å². The number of nitrogens with zero attached hydrogens (tertiary/aromatic N) is 2. The minimum atomic E-state index is -3.33. The average Bonchev–Trinajstić information content (AvgIpc) is 2.63. The predicted molar refractivity (Wildman–Crippen MR) is 61.9 cm³/mol. The fourth-order valence-electron chi connectivity index (χ4n) is 1.21. The van der Waals surface area contributed by atoms with Crippen LogP contribution in [-0.4, -0.2) is 53.5 Å². The molecule has 100 valence electrons. The van der Waals surface area contributed by atoms with E-state index < -0.39 is 27.5 Å². The molecular weight excluding hydrogens is 262 g/mol. The first-order valence-corrected chi connectivity index (χ1v) is 7.03. The Kier molecular flexibility index (Phi) is 4.43. The number of amides is 1. The maximum atomic E-state index is 11.2. The molecule has 0 saturated heterocycles. The van der Waals surface area contributed by atoms with Gasteiger partial charge in [-0.2, -0.15) is 0 Å². The van der Waals surface area contributed by atoms with Gasteiger partial charge in [-0.05, 0) is 0 Å². The first-order valence-electron chi connectivity index (χ1n) is 4.97. The third kappa shape index (κ3) is 4.95. The van der Waals surface area contributed by atoms with Crippen LogP contribution in [0.25, 0.3) is 0 Å². The first kappa shape index (κ1) is 14.2. The maximum absolute atomic E-state index is 11.2. The van der Waals surface area contributed by atoms with E-state index in [0.717, 1.165) is 6.26 Å². The molecule has 0 aliphatic rings. The summed E-state index contributed by atoms with van der Waals surface area (Å²) in [6, 6.07) is 0. The van der Waals surface area contributed by atoms with Gasteiger partial charge in [-0.15, -0.1) is 0 Å². The Hall–Kier alpha value is -1.90. The van der Waals surface area contributed by atoms with Crippen LogP contribution in [0.15, 0.2) is 12.5 Å². The van der Waals surface area contributed by atoms with Crippen molar-refractivity contribution >= 4 is 21.7 Å². The lowest BCUT2D eigenvalue weighted by molar-refractivity contribution is -0.118. The summed E-state index contributed by atoms with van der Waals surface area (Å²) in [6.07, 6.45) is 3.62. The smallest absolute Gasteiger partial charge is 0.356 e. The van der Waals surface area contributed by atoms with E-state index in [1.807, 2.05) is 0 Å². The van der Waals surface area contributed by atoms with Crippen molar-refractivity contribution in [1.29, 1.82) is 0 Å². The van der Waals surface area contributed by atoms with Crippen molar-refractivity contribution in [3.63, 3.8) is 0 Å². The molecule has 0 radical (unpaired) electrons. The Bertz CT molecular complexity index is 548. The second-order valence-electron chi connectivity index (χ2n) is 3.72. The summed E-state index contributed by atoms with van der Waals surface area (Å²) in [4.78, 5) is 25.3. The van der Waals surface area contributed by atoms with E-state index in [0.29, 0.717) is 6.54 Å². The summed E-state index contributed by atoms with van der Waals surface area (Å²) in [5.41, 5.74) is -0.0857. The molecule has 0 fully saturated rings. The SMILES string of the molecule is CS(=O)(=O)CC(=O)NCCn1cnc(C(=O)O)c1. The number of hydrogen-bond acceptors (Lipinski definition) is 5. The number of carboxylic acids is 1. The molecule has 0 bridgehead atoms. The van der Waals surface area contributed by atoms with Crippen LogP contribution in [-0.2, 0) is 21.2 Å². The van der Waals surface area contributed by atoms with Gasteiger partial charge >= 0.3 is 5.97 Å². The van der Waals surface area contributed by atoms with Crippen LogP contribution in [0.1, 0.15) is 10.5 Å². The third-order valence-electron chi connectivity index (χ3n) is 1.94. The first-order chi connectivity index (χ1) is 8.28. The molecule has 8 nitrogen and oxygen atoms in total. The van der Waals surface area contributed by atoms with Gasteiger partial charge in [-0.3, -0.25) is 4.79 Å². The molecule has 1 heterocycles. The number of rotatable bonds is 6. The molecule has 0 aliphatic heterocycles. The van der Waals surface area contributed by atoms with Gasteiger partial charge in [0, 0.05) is 25.5 Å². The van der Waals surface area contributed by atoms with Crippen molar-refractivity contribution in [2.75, 3.05) is 18.6 Å². The number of sulfone groups is 1. The highest BCUT2D eigenvalue weighted by Gasteiger charge is 2.10. The number of carbonyl (C=O) groups is 2. The number of carbonyl (C=O) groups excluding carboxylic acids is 1. The Balaban J connectivity index is 2.37. The van der Waals surface area contributed by atoms with Crippen molar-refractivity contribution in [2.24, 2.45) is 0 Å². The van der Waals surface area contributed by atoms with E-state index in [-0.39, 0.29) is 12.2 Å². The molecule has 1 rings (SSSR count). The van der Waals surface area contributed by atoms with Crippen molar-refractivity contribution in [1.82, 2.24) is 14.9 Å². The van der Waals surface area contributed by atoms with Gasteiger partial charge in [-0.1, -0.05) is 0 Å². The summed E-state index contributed by atoms with van der Waals surface area (Å²) in [6.45, 7) is 0.513. The molecule has 0 aliphatic carbocycles. The zero-order valence-electron chi connectivity index (χ0n) is 9.66. The van der Waals surface area contributed by atoms with Crippen molar-refractivity contribution < 1.29 is 23.1 Å². The maximum Gasteiger partial charge on any atom is 0.356 e. The molecule has 1 aromatic rings. The lowest BCUT2D eigenvalue weighted by Crippen LogP contribution is -2.32. The van der Waals surface area contributed by atoms with E-state index in [1.54, 1.807) is 0 Å². The van der Waals surface area contributed by atoms with E-state index >= 15 is 0 Å². The Labute approximate surface area is 104 Å². The van der Waals surface area contributed by atoms with Gasteiger partial charge in [0.2, 0.25) is 5.91 Å². The molecular formula is C9H13N3O5S. The highest BCUT2D eigenvalue weighted by Crippen LogP contribution is 1.95. The standard InChI is InChI=1S/C9H13N3O5S/c1-18(16,17)5-8(13)10-2-3-12-4-7(9(14)15)11-6-12/h4,6H,2-3,5H2,1H3,(H,10,13)(H,14,15). The minimum Gasteiger partial charge on any atom is -0.476 e. The topological polar surface area (TPSA) is 118 Å². The number of carboxylic acid groups (broad SMARTS) is 1. The normalized spacial score (nSPS) is 11.2. The quantitative estimate of drug-likeness (QED) is 0.669. The lowest BCUT2D eigenvalue weighted by atomic mass is 10.5. The number of imidazole rings is 1. The van der Waals surface area contributed by atoms with E-state index in [2.05, 4.69) is 10.3 Å². The van der Waals surface area contributed by atoms with Crippen LogP contribution in [0.5, 0.6) is 0 Å². The molecule has 0 unspecified atom stereocenters. The monoisotopic (exact) mass is 275 g/mol. The summed E-state index contributed by atoms with van der Waals surface area (Å²) < 4.78 is 23.1.